The largest absolute Gasteiger partial charge is 0.461 e. The summed E-state index contributed by atoms with van der Waals surface area (Å²) in [4.78, 5) is 14.9. The minimum absolute atomic E-state index is 0.0249. The molecule has 32 heavy (non-hydrogen) atoms. The van der Waals surface area contributed by atoms with Crippen LogP contribution in [0.15, 0.2) is 63.2 Å². The topological polar surface area (TPSA) is 148 Å². The van der Waals surface area contributed by atoms with Gasteiger partial charge in [-0.15, -0.1) is 23.1 Å². The third kappa shape index (κ3) is 4.92. The number of sulfonamides is 1. The molecule has 1 saturated heterocycles. The third-order valence-electron chi connectivity index (χ3n) is 4.77. The first kappa shape index (κ1) is 23.0. The molecule has 3 aromatic rings. The minimum atomic E-state index is -4.48. The summed E-state index contributed by atoms with van der Waals surface area (Å²) in [5.41, 5.74) is 0.615. The van der Waals surface area contributed by atoms with Gasteiger partial charge in [-0.2, -0.15) is 8.42 Å². The van der Waals surface area contributed by atoms with Crippen molar-refractivity contribution < 1.29 is 30.6 Å². The highest BCUT2D eigenvalue weighted by Crippen LogP contribution is 2.38. The number of primary sulfonamides is 1. The molecule has 0 bridgehead atoms. The van der Waals surface area contributed by atoms with E-state index >= 15 is 0 Å². The zero-order chi connectivity index (χ0) is 23.1. The van der Waals surface area contributed by atoms with Crippen molar-refractivity contribution in [3.63, 3.8) is 0 Å². The minimum Gasteiger partial charge on any atom is -0.461 e. The maximum atomic E-state index is 12.9. The number of hydrogen-bond donors (Lipinski definition) is 2. The van der Waals surface area contributed by atoms with Gasteiger partial charge < -0.3 is 9.32 Å². The molecule has 0 aliphatic carbocycles. The van der Waals surface area contributed by atoms with E-state index in [0.29, 0.717) is 17.1 Å². The molecule has 1 aliphatic rings. The molecule has 1 amide bonds. The summed E-state index contributed by atoms with van der Waals surface area (Å²) in [6.07, 6.45) is 0.131. The number of carbonyl (C=O) groups is 1. The zero-order valence-corrected chi connectivity index (χ0v) is 19.6. The Morgan fingerprint density at radius 1 is 1.06 bits per heavy atom. The molecular formula is C19H18N2O7S4. The van der Waals surface area contributed by atoms with Crippen LogP contribution >= 0.6 is 23.1 Å². The van der Waals surface area contributed by atoms with Crippen molar-refractivity contribution in [2.24, 2.45) is 5.14 Å². The normalized spacial score (nSPS) is 19.6. The van der Waals surface area contributed by atoms with Crippen LogP contribution in [-0.4, -0.2) is 42.2 Å². The highest BCUT2D eigenvalue weighted by Gasteiger charge is 2.46. The number of amides is 1. The number of thioether (sulfide) groups is 1. The molecule has 2 aromatic heterocycles. The van der Waals surface area contributed by atoms with Gasteiger partial charge in [-0.25, -0.2) is 13.6 Å². The first-order chi connectivity index (χ1) is 15.0. The molecule has 3 heterocycles. The number of rotatable bonds is 7. The van der Waals surface area contributed by atoms with E-state index in [2.05, 4.69) is 0 Å². The lowest BCUT2D eigenvalue weighted by Gasteiger charge is -2.20. The van der Waals surface area contributed by atoms with Crippen LogP contribution in [0.3, 0.4) is 0 Å². The first-order valence-electron chi connectivity index (χ1n) is 9.19. The summed E-state index contributed by atoms with van der Waals surface area (Å²) in [5.74, 6) is 0.508. The van der Waals surface area contributed by atoms with Crippen molar-refractivity contribution in [3.8, 4) is 11.3 Å². The predicted octanol–water partition coefficient (Wildman–Crippen LogP) is 2.51. The van der Waals surface area contributed by atoms with Crippen LogP contribution in [0.2, 0.25) is 0 Å². The monoisotopic (exact) mass is 514 g/mol. The number of carbonyl (C=O) groups excluding carboxylic acids is 1. The molecule has 9 nitrogen and oxygen atoms in total. The van der Waals surface area contributed by atoms with Gasteiger partial charge >= 0.3 is 0 Å². The molecule has 170 valence electrons. The van der Waals surface area contributed by atoms with E-state index in [0.717, 1.165) is 21.5 Å². The van der Waals surface area contributed by atoms with Crippen molar-refractivity contribution in [2.45, 2.75) is 27.8 Å². The van der Waals surface area contributed by atoms with Gasteiger partial charge in [0.15, 0.2) is 0 Å². The van der Waals surface area contributed by atoms with E-state index in [1.165, 1.54) is 23.5 Å². The SMILES string of the molecule is NS(=O)(=O)c1ccc(-c2ccc(CC3SC(S(=O)(=O)O)N(Cc4cccs4)C3=O)o2)cc1. The molecule has 13 heteroatoms. The molecule has 0 saturated carbocycles. The van der Waals surface area contributed by atoms with Gasteiger partial charge in [0.2, 0.25) is 20.6 Å². The Bertz CT molecular complexity index is 1330. The van der Waals surface area contributed by atoms with Crippen LogP contribution in [0.25, 0.3) is 11.3 Å². The summed E-state index contributed by atoms with van der Waals surface area (Å²) < 4.78 is 60.6. The fraction of sp³-hybridized carbons (Fsp3) is 0.211. The smallest absolute Gasteiger partial charge is 0.296 e. The summed E-state index contributed by atoms with van der Waals surface area (Å²) in [7, 11) is -8.29. The molecule has 2 atom stereocenters. The Kier molecular flexibility index (Phi) is 6.22. The van der Waals surface area contributed by atoms with Gasteiger partial charge in [0.05, 0.1) is 16.7 Å². The lowest BCUT2D eigenvalue weighted by Crippen LogP contribution is -2.37. The van der Waals surface area contributed by atoms with Crippen LogP contribution in [0.5, 0.6) is 0 Å². The van der Waals surface area contributed by atoms with Gasteiger partial charge in [-0.3, -0.25) is 9.35 Å². The Balaban J connectivity index is 1.52. The lowest BCUT2D eigenvalue weighted by molar-refractivity contribution is -0.129. The van der Waals surface area contributed by atoms with Crippen LogP contribution in [0.1, 0.15) is 10.6 Å². The standard InChI is InChI=1S/C19H18N2O7S4/c20-31(23,24)15-6-3-12(4-7-15)16-8-5-13(28-16)10-17-18(22)21(11-14-2-1-9-29-14)19(30-17)32(25,26)27/h1-9,17,19H,10-11H2,(H2,20,23,24)(H,25,26,27). The molecule has 4 rings (SSSR count). The summed E-state index contributed by atoms with van der Waals surface area (Å²) in [6.45, 7) is 0.0876. The van der Waals surface area contributed by atoms with Crippen LogP contribution in [0.4, 0.5) is 0 Å². The highest BCUT2D eigenvalue weighted by atomic mass is 32.3. The van der Waals surface area contributed by atoms with Crippen molar-refractivity contribution >= 4 is 49.1 Å². The van der Waals surface area contributed by atoms with E-state index in [1.807, 2.05) is 5.38 Å². The van der Waals surface area contributed by atoms with E-state index in [1.54, 1.807) is 36.4 Å². The second-order valence-corrected chi connectivity index (χ2v) is 12.7. The van der Waals surface area contributed by atoms with E-state index in [9.17, 15) is 26.2 Å². The first-order valence-corrected chi connectivity index (χ1v) is 14.1. The number of hydrogen-bond acceptors (Lipinski definition) is 8. The van der Waals surface area contributed by atoms with Crippen LogP contribution < -0.4 is 5.14 Å². The van der Waals surface area contributed by atoms with Gasteiger partial charge in [0.1, 0.15) is 11.5 Å². The molecule has 3 N–H and O–H groups in total. The average Bonchev–Trinajstić information content (AvgIpc) is 3.45. The Morgan fingerprint density at radius 3 is 2.38 bits per heavy atom. The summed E-state index contributed by atoms with van der Waals surface area (Å²) in [6, 6.07) is 12.8. The lowest BCUT2D eigenvalue weighted by atomic mass is 10.2. The van der Waals surface area contributed by atoms with Crippen LogP contribution in [-0.2, 0) is 37.9 Å². The van der Waals surface area contributed by atoms with E-state index in [-0.39, 0.29) is 17.9 Å². The molecular weight excluding hydrogens is 496 g/mol. The highest BCUT2D eigenvalue weighted by molar-refractivity contribution is 8.12. The molecule has 0 spiro atoms. The van der Waals surface area contributed by atoms with Gasteiger partial charge in [0, 0.05) is 16.9 Å². The van der Waals surface area contributed by atoms with E-state index in [4.69, 9.17) is 9.56 Å². The maximum Gasteiger partial charge on any atom is 0.296 e. The fourth-order valence-electron chi connectivity index (χ4n) is 3.28. The van der Waals surface area contributed by atoms with Gasteiger partial charge in [-0.05, 0) is 47.8 Å². The number of furan rings is 1. The van der Waals surface area contributed by atoms with Gasteiger partial charge in [-0.1, -0.05) is 6.07 Å². The average molecular weight is 515 g/mol. The number of thiophene rings is 1. The maximum absolute atomic E-state index is 12.9. The Morgan fingerprint density at radius 2 is 1.78 bits per heavy atom. The molecule has 1 aromatic carbocycles. The Hall–Kier alpha value is -2.16. The number of nitrogens with zero attached hydrogens (tertiary/aromatic N) is 1. The second kappa shape index (κ2) is 8.65. The number of benzene rings is 1. The quantitative estimate of drug-likeness (QED) is 0.457. The van der Waals surface area contributed by atoms with Crippen molar-refractivity contribution in [1.29, 1.82) is 0 Å². The van der Waals surface area contributed by atoms with E-state index < -0.39 is 36.0 Å². The molecule has 1 fully saturated rings. The molecule has 2 unspecified atom stereocenters. The number of nitrogens with two attached hydrogens (primary N) is 1. The second-order valence-electron chi connectivity index (χ2n) is 7.03. The third-order valence-corrected chi connectivity index (χ3v) is 9.57. The fourth-order valence-corrected chi connectivity index (χ4v) is 7.09. The summed E-state index contributed by atoms with van der Waals surface area (Å²) in [5, 5.41) is 6.18. The summed E-state index contributed by atoms with van der Waals surface area (Å²) >= 11 is 2.25. The van der Waals surface area contributed by atoms with Crippen molar-refractivity contribution in [2.75, 3.05) is 0 Å². The molecule has 0 radical (unpaired) electrons. The van der Waals surface area contributed by atoms with Gasteiger partial charge in [0.25, 0.3) is 10.1 Å². The Labute approximate surface area is 193 Å². The van der Waals surface area contributed by atoms with Crippen LogP contribution in [0, 0.1) is 0 Å². The molecule has 1 aliphatic heterocycles. The van der Waals surface area contributed by atoms with Crippen molar-refractivity contribution in [1.82, 2.24) is 4.90 Å². The zero-order valence-electron chi connectivity index (χ0n) is 16.3. The van der Waals surface area contributed by atoms with Crippen molar-refractivity contribution in [3.05, 3.63) is 64.5 Å². The predicted molar refractivity (Wildman–Crippen MR) is 121 cm³/mol.